The van der Waals surface area contributed by atoms with E-state index in [2.05, 4.69) is 20.8 Å². The zero-order chi connectivity index (χ0) is 12.9. The van der Waals surface area contributed by atoms with E-state index in [0.717, 1.165) is 24.2 Å². The van der Waals surface area contributed by atoms with Gasteiger partial charge in [0.2, 0.25) is 0 Å². The van der Waals surface area contributed by atoms with Gasteiger partial charge in [0.15, 0.2) is 0 Å². The molecule has 4 nitrogen and oxygen atoms in total. The molecule has 1 fully saturated rings. The molecule has 0 N–H and O–H groups in total. The first-order chi connectivity index (χ1) is 8.06. The Hall–Kier alpha value is 0.998. The highest BCUT2D eigenvalue weighted by molar-refractivity contribution is 7.16. The largest absolute Gasteiger partial charge is 0.425 e. The highest BCUT2D eigenvalue weighted by atomic mass is 35.6. The van der Waals surface area contributed by atoms with E-state index in [1.54, 1.807) is 0 Å². The Kier molecular flexibility index (Phi) is 7.13. The molecule has 17 heavy (non-hydrogen) atoms. The lowest BCUT2D eigenvalue weighted by atomic mass is 11.0. The summed E-state index contributed by atoms with van der Waals surface area (Å²) in [5.74, 6) is 0. The maximum Gasteiger partial charge on any atom is 0.425 e. The fourth-order valence-electron chi connectivity index (χ4n) is 1.25. The molecule has 0 atom stereocenters. The average molecular weight is 328 g/mol. The molecule has 0 saturated carbocycles. The second-order valence-electron chi connectivity index (χ2n) is 3.60. The summed E-state index contributed by atoms with van der Waals surface area (Å²) in [6, 6.07) is 3.41. The Bertz CT molecular complexity index is 220. The molecule has 0 aromatic rings. The molecule has 0 bridgehead atoms. The first-order valence-corrected chi connectivity index (χ1v) is 13.7. The third kappa shape index (κ3) is 4.88. The van der Waals surface area contributed by atoms with Crippen molar-refractivity contribution in [2.24, 2.45) is 0 Å². The first-order valence-electron chi connectivity index (χ1n) is 6.06. The molecular weight excluding hydrogens is 308 g/mol. The van der Waals surface area contributed by atoms with Gasteiger partial charge in [-0.3, -0.25) is 0 Å². The van der Waals surface area contributed by atoms with Crippen LogP contribution in [0.3, 0.4) is 0 Å². The van der Waals surface area contributed by atoms with Crippen LogP contribution in [-0.2, 0) is 16.5 Å². The fourth-order valence-corrected chi connectivity index (χ4v) is 14.3. The van der Waals surface area contributed by atoms with Gasteiger partial charge in [0.25, 0.3) is 0 Å². The minimum atomic E-state index is -2.57. The molecule has 1 saturated heterocycles. The maximum absolute atomic E-state index is 6.47. The van der Waals surface area contributed by atoms with Crippen LogP contribution in [0, 0.1) is 0 Å². The lowest BCUT2D eigenvalue weighted by Crippen LogP contribution is -2.53. The van der Waals surface area contributed by atoms with Crippen LogP contribution in [0.5, 0.6) is 0 Å². The topological polar surface area (TPSA) is 36.9 Å². The smallest absolute Gasteiger partial charge is 0.414 e. The molecule has 0 spiro atoms. The van der Waals surface area contributed by atoms with Crippen molar-refractivity contribution in [1.29, 1.82) is 0 Å². The van der Waals surface area contributed by atoms with Gasteiger partial charge in [-0.1, -0.05) is 27.7 Å². The van der Waals surface area contributed by atoms with Gasteiger partial charge in [0.05, 0.1) is 0 Å². The minimum absolute atomic E-state index is 0.734. The van der Waals surface area contributed by atoms with Crippen molar-refractivity contribution in [2.45, 2.75) is 51.9 Å². The van der Waals surface area contributed by atoms with E-state index in [9.17, 15) is 0 Å². The summed E-state index contributed by atoms with van der Waals surface area (Å²) >= 11 is 6.47. The molecule has 9 heteroatoms. The Labute approximate surface area is 115 Å². The van der Waals surface area contributed by atoms with Gasteiger partial charge < -0.3 is 16.5 Å². The highest BCUT2D eigenvalue weighted by Crippen LogP contribution is 2.26. The molecule has 1 heterocycles. The van der Waals surface area contributed by atoms with Crippen LogP contribution < -0.4 is 0 Å². The zero-order valence-corrected chi connectivity index (χ0v) is 15.6. The molecule has 0 aromatic carbocycles. The summed E-state index contributed by atoms with van der Waals surface area (Å²) in [5.41, 5.74) is 0. The molecule has 0 aliphatic carbocycles. The van der Waals surface area contributed by atoms with Crippen LogP contribution in [0.1, 0.15) is 27.7 Å². The third-order valence-corrected chi connectivity index (χ3v) is 14.9. The van der Waals surface area contributed by atoms with Gasteiger partial charge in [-0.05, 0) is 18.1 Å². The lowest BCUT2D eigenvalue weighted by Gasteiger charge is -2.34. The zero-order valence-electron chi connectivity index (χ0n) is 10.8. The second-order valence-corrected chi connectivity index (χ2v) is 15.0. The number of hydrogen-bond acceptors (Lipinski definition) is 4. The Morgan fingerprint density at radius 1 is 0.824 bits per heavy atom. The molecule has 0 unspecified atom stereocenters. The van der Waals surface area contributed by atoms with Crippen molar-refractivity contribution in [2.75, 3.05) is 0 Å². The van der Waals surface area contributed by atoms with Crippen molar-refractivity contribution >= 4 is 46.8 Å². The normalized spacial score (nSPS) is 24.5. The van der Waals surface area contributed by atoms with Gasteiger partial charge >= 0.3 is 35.7 Å². The highest BCUT2D eigenvalue weighted by Gasteiger charge is 2.44. The summed E-state index contributed by atoms with van der Waals surface area (Å²) in [4.78, 5) is 0. The molecule has 1 aliphatic heterocycles. The van der Waals surface area contributed by atoms with Crippen molar-refractivity contribution in [3.8, 4) is 0 Å². The summed E-state index contributed by atoms with van der Waals surface area (Å²) in [6.07, 6.45) is 0. The van der Waals surface area contributed by atoms with Crippen molar-refractivity contribution in [3.05, 3.63) is 0 Å². The molecule has 1 aliphatic rings. The SMILES string of the molecule is CC[Si]1O[Si](CC)O[Si](Cl)(CC)O[Si](CC)O1. The monoisotopic (exact) mass is 327 g/mol. The predicted octanol–water partition coefficient (Wildman–Crippen LogP) is 2.79. The van der Waals surface area contributed by atoms with E-state index in [-0.39, 0.29) is 0 Å². The van der Waals surface area contributed by atoms with Crippen LogP contribution >= 0.6 is 11.1 Å². The van der Waals surface area contributed by atoms with Crippen LogP contribution in [0.4, 0.5) is 0 Å². The second kappa shape index (κ2) is 7.55. The van der Waals surface area contributed by atoms with Crippen molar-refractivity contribution in [3.63, 3.8) is 0 Å². The molecule has 3 radical (unpaired) electrons. The standard InChI is InChI=1S/C8H20ClO4Si4/c1-5-14-10-15(6-2)12-17(9,8-4)13-16(7-3)11-14/h5-8H2,1-4H3. The van der Waals surface area contributed by atoms with Crippen molar-refractivity contribution in [1.82, 2.24) is 0 Å². The fraction of sp³-hybridized carbons (Fsp3) is 1.00. The van der Waals surface area contributed by atoms with E-state index in [4.69, 9.17) is 27.5 Å². The third-order valence-electron chi connectivity index (χ3n) is 2.28. The van der Waals surface area contributed by atoms with Gasteiger partial charge in [0, 0.05) is 6.04 Å². The Balaban J connectivity index is 2.76. The van der Waals surface area contributed by atoms with Crippen LogP contribution in [0.15, 0.2) is 0 Å². The molecular formula is C8H20ClO4Si4. The predicted molar refractivity (Wildman–Crippen MR) is 75.1 cm³/mol. The Morgan fingerprint density at radius 3 is 1.53 bits per heavy atom. The summed E-state index contributed by atoms with van der Waals surface area (Å²) < 4.78 is 23.9. The summed E-state index contributed by atoms with van der Waals surface area (Å²) in [5, 5.41) is 0. The van der Waals surface area contributed by atoms with E-state index in [1.165, 1.54) is 0 Å². The van der Waals surface area contributed by atoms with Crippen molar-refractivity contribution < 1.29 is 16.5 Å². The number of hydrogen-bond donors (Lipinski definition) is 0. The molecule has 0 amide bonds. The molecule has 0 aromatic heterocycles. The van der Waals surface area contributed by atoms with Crippen LogP contribution in [0.25, 0.3) is 0 Å². The van der Waals surface area contributed by atoms with E-state index in [0.29, 0.717) is 0 Å². The van der Waals surface area contributed by atoms with E-state index < -0.39 is 35.7 Å². The Morgan fingerprint density at radius 2 is 1.24 bits per heavy atom. The number of rotatable bonds is 4. The average Bonchev–Trinajstić information content (AvgIpc) is 2.33. The number of halogens is 1. The van der Waals surface area contributed by atoms with Crippen LogP contribution in [-0.4, -0.2) is 35.7 Å². The van der Waals surface area contributed by atoms with Gasteiger partial charge in [-0.2, -0.15) is 0 Å². The lowest BCUT2D eigenvalue weighted by molar-refractivity contribution is 0.275. The maximum atomic E-state index is 6.47. The van der Waals surface area contributed by atoms with Gasteiger partial charge in [0.1, 0.15) is 0 Å². The van der Waals surface area contributed by atoms with Gasteiger partial charge in [-0.25, -0.2) is 0 Å². The van der Waals surface area contributed by atoms with Crippen LogP contribution in [0.2, 0.25) is 24.2 Å². The summed E-state index contributed by atoms with van der Waals surface area (Å²) in [6.45, 7) is 8.23. The van der Waals surface area contributed by atoms with E-state index in [1.807, 2.05) is 6.92 Å². The van der Waals surface area contributed by atoms with Gasteiger partial charge in [-0.15, -0.1) is 11.1 Å². The molecule has 1 rings (SSSR count). The summed E-state index contributed by atoms with van der Waals surface area (Å²) in [7, 11) is -6.42. The quantitative estimate of drug-likeness (QED) is 0.587. The minimum Gasteiger partial charge on any atom is -0.414 e. The molecule has 99 valence electrons. The first kappa shape index (κ1) is 16.1. The van der Waals surface area contributed by atoms with E-state index >= 15 is 0 Å².